The van der Waals surface area contributed by atoms with E-state index in [4.69, 9.17) is 9.47 Å². The van der Waals surface area contributed by atoms with Gasteiger partial charge in [0.2, 0.25) is 0 Å². The third-order valence-electron chi connectivity index (χ3n) is 4.71. The van der Waals surface area contributed by atoms with E-state index >= 15 is 0 Å². The molecule has 0 bridgehead atoms. The van der Waals surface area contributed by atoms with E-state index in [0.29, 0.717) is 31.0 Å². The summed E-state index contributed by atoms with van der Waals surface area (Å²) < 4.78 is 24.3. The van der Waals surface area contributed by atoms with Crippen molar-refractivity contribution in [2.45, 2.75) is 13.0 Å². The van der Waals surface area contributed by atoms with E-state index in [2.05, 4.69) is 4.98 Å². The number of para-hydroxylation sites is 2. The molecule has 2 heterocycles. The number of nitrogens with zero attached hydrogens (tertiary/aromatic N) is 1. The van der Waals surface area contributed by atoms with E-state index < -0.39 is 0 Å². The Kier molecular flexibility index (Phi) is 4.24. The normalized spacial score (nSPS) is 13.5. The zero-order valence-corrected chi connectivity index (χ0v) is 14.4. The summed E-state index contributed by atoms with van der Waals surface area (Å²) in [6.07, 6.45) is 0.714. The Bertz CT molecular complexity index is 967. The second-order valence-electron chi connectivity index (χ2n) is 6.28. The summed E-state index contributed by atoms with van der Waals surface area (Å²) in [5, 5.41) is 0.963. The van der Waals surface area contributed by atoms with Crippen molar-refractivity contribution in [2.24, 2.45) is 0 Å². The smallest absolute Gasteiger partial charge is 0.260 e. The molecule has 1 amide bonds. The number of carbonyl (C=O) groups excluding carboxylic acids is 1. The van der Waals surface area contributed by atoms with Gasteiger partial charge in [0.25, 0.3) is 5.91 Å². The van der Waals surface area contributed by atoms with Gasteiger partial charge in [0.05, 0.1) is 7.11 Å². The number of aromatic amines is 1. The monoisotopic (exact) mass is 354 g/mol. The molecule has 1 aliphatic rings. The van der Waals surface area contributed by atoms with Crippen LogP contribution in [0.3, 0.4) is 0 Å². The lowest BCUT2D eigenvalue weighted by atomic mass is 10.0. The van der Waals surface area contributed by atoms with Crippen molar-refractivity contribution in [2.75, 3.05) is 20.3 Å². The van der Waals surface area contributed by atoms with Gasteiger partial charge in [0, 0.05) is 41.7 Å². The molecule has 3 aromatic rings. The standard InChI is InChI=1S/C20H19FN2O3/c1-25-18-4-2-3-5-19(18)26-12-20(24)23-9-8-16-15(11-23)14-7-6-13(21)10-17(14)22-16/h2-7,10,22H,8-9,11-12H2,1H3. The van der Waals surface area contributed by atoms with Crippen LogP contribution in [-0.2, 0) is 17.8 Å². The molecular formula is C20H19FN2O3. The van der Waals surface area contributed by atoms with Crippen LogP contribution in [0.5, 0.6) is 11.5 Å². The highest BCUT2D eigenvalue weighted by Gasteiger charge is 2.24. The van der Waals surface area contributed by atoms with Crippen LogP contribution < -0.4 is 9.47 Å². The van der Waals surface area contributed by atoms with Gasteiger partial charge in [-0.25, -0.2) is 4.39 Å². The number of amides is 1. The molecular weight excluding hydrogens is 335 g/mol. The van der Waals surface area contributed by atoms with E-state index in [9.17, 15) is 9.18 Å². The van der Waals surface area contributed by atoms with Crippen molar-refractivity contribution in [3.63, 3.8) is 0 Å². The molecule has 1 aromatic heterocycles. The lowest BCUT2D eigenvalue weighted by Gasteiger charge is -2.27. The molecule has 0 unspecified atom stereocenters. The summed E-state index contributed by atoms with van der Waals surface area (Å²) >= 11 is 0. The molecule has 2 aromatic carbocycles. The highest BCUT2D eigenvalue weighted by Crippen LogP contribution is 2.29. The highest BCUT2D eigenvalue weighted by atomic mass is 19.1. The number of H-pyrrole nitrogens is 1. The van der Waals surface area contributed by atoms with Crippen LogP contribution in [0.1, 0.15) is 11.3 Å². The first kappa shape index (κ1) is 16.4. The Morgan fingerprint density at radius 2 is 2.04 bits per heavy atom. The van der Waals surface area contributed by atoms with Crippen molar-refractivity contribution in [3.05, 3.63) is 59.5 Å². The van der Waals surface area contributed by atoms with E-state index in [1.807, 2.05) is 12.1 Å². The van der Waals surface area contributed by atoms with Gasteiger partial charge in [-0.15, -0.1) is 0 Å². The fraction of sp³-hybridized carbons (Fsp3) is 0.250. The van der Waals surface area contributed by atoms with Gasteiger partial charge >= 0.3 is 0 Å². The number of fused-ring (bicyclic) bond motifs is 3. The molecule has 6 heteroatoms. The Balaban J connectivity index is 1.48. The molecule has 134 valence electrons. The fourth-order valence-electron chi connectivity index (χ4n) is 3.38. The van der Waals surface area contributed by atoms with Crippen molar-refractivity contribution in [1.29, 1.82) is 0 Å². The van der Waals surface area contributed by atoms with E-state index in [-0.39, 0.29) is 18.3 Å². The molecule has 0 saturated heterocycles. The second kappa shape index (κ2) is 6.71. The zero-order valence-electron chi connectivity index (χ0n) is 14.4. The van der Waals surface area contributed by atoms with Gasteiger partial charge < -0.3 is 19.4 Å². The molecule has 0 aliphatic carbocycles. The quantitative estimate of drug-likeness (QED) is 0.782. The first-order valence-corrected chi connectivity index (χ1v) is 8.48. The first-order valence-electron chi connectivity index (χ1n) is 8.48. The first-order chi connectivity index (χ1) is 12.7. The molecule has 1 aliphatic heterocycles. The third kappa shape index (κ3) is 2.98. The third-order valence-corrected chi connectivity index (χ3v) is 4.71. The minimum atomic E-state index is -0.269. The van der Waals surface area contributed by atoms with Gasteiger partial charge in [0.15, 0.2) is 18.1 Å². The highest BCUT2D eigenvalue weighted by molar-refractivity contribution is 5.86. The molecule has 0 fully saturated rings. The SMILES string of the molecule is COc1ccccc1OCC(=O)N1CCc2[nH]c3cc(F)ccc3c2C1. The van der Waals surface area contributed by atoms with Gasteiger partial charge in [-0.05, 0) is 30.3 Å². The molecule has 0 atom stereocenters. The summed E-state index contributed by atoms with van der Waals surface area (Å²) in [5.41, 5.74) is 2.90. The lowest BCUT2D eigenvalue weighted by Crippen LogP contribution is -2.38. The molecule has 5 nitrogen and oxygen atoms in total. The van der Waals surface area contributed by atoms with E-state index in [1.165, 1.54) is 12.1 Å². The molecule has 26 heavy (non-hydrogen) atoms. The molecule has 4 rings (SSSR count). The summed E-state index contributed by atoms with van der Waals surface area (Å²) in [5.74, 6) is 0.788. The fourth-order valence-corrected chi connectivity index (χ4v) is 3.38. The van der Waals surface area contributed by atoms with Crippen LogP contribution >= 0.6 is 0 Å². The predicted octanol–water partition coefficient (Wildman–Crippen LogP) is 3.28. The average molecular weight is 354 g/mol. The maximum Gasteiger partial charge on any atom is 0.260 e. The number of carbonyl (C=O) groups is 1. The number of nitrogens with one attached hydrogen (secondary N) is 1. The van der Waals surface area contributed by atoms with Gasteiger partial charge in [-0.2, -0.15) is 0 Å². The van der Waals surface area contributed by atoms with Crippen LogP contribution in [0.15, 0.2) is 42.5 Å². The van der Waals surface area contributed by atoms with Crippen LogP contribution in [0.25, 0.3) is 10.9 Å². The van der Waals surface area contributed by atoms with Crippen molar-refractivity contribution in [1.82, 2.24) is 9.88 Å². The largest absolute Gasteiger partial charge is 0.493 e. The Morgan fingerprint density at radius 1 is 1.23 bits per heavy atom. The van der Waals surface area contributed by atoms with Gasteiger partial charge in [-0.1, -0.05) is 12.1 Å². The number of hydrogen-bond donors (Lipinski definition) is 1. The molecule has 0 spiro atoms. The zero-order chi connectivity index (χ0) is 18.1. The van der Waals surface area contributed by atoms with Gasteiger partial charge in [-0.3, -0.25) is 4.79 Å². The Morgan fingerprint density at radius 3 is 2.85 bits per heavy atom. The van der Waals surface area contributed by atoms with Crippen LogP contribution in [0.4, 0.5) is 4.39 Å². The molecule has 0 radical (unpaired) electrons. The summed E-state index contributed by atoms with van der Waals surface area (Å²) in [6.45, 7) is 1.05. The maximum absolute atomic E-state index is 13.4. The maximum atomic E-state index is 13.4. The Labute approximate surface area is 150 Å². The van der Waals surface area contributed by atoms with Crippen LogP contribution in [0, 0.1) is 5.82 Å². The molecule has 1 N–H and O–H groups in total. The summed E-state index contributed by atoms with van der Waals surface area (Å²) in [4.78, 5) is 17.6. The molecule has 0 saturated carbocycles. The van der Waals surface area contributed by atoms with Crippen molar-refractivity contribution < 1.29 is 18.7 Å². The summed E-state index contributed by atoms with van der Waals surface area (Å²) in [7, 11) is 1.57. The summed E-state index contributed by atoms with van der Waals surface area (Å²) in [6, 6.07) is 11.9. The number of benzene rings is 2. The number of methoxy groups -OCH3 is 1. The van der Waals surface area contributed by atoms with Crippen LogP contribution in [0.2, 0.25) is 0 Å². The number of ether oxygens (including phenoxy) is 2. The second-order valence-corrected chi connectivity index (χ2v) is 6.28. The van der Waals surface area contributed by atoms with E-state index in [0.717, 1.165) is 22.2 Å². The van der Waals surface area contributed by atoms with Crippen molar-refractivity contribution in [3.8, 4) is 11.5 Å². The predicted molar refractivity (Wildman–Crippen MR) is 95.9 cm³/mol. The minimum Gasteiger partial charge on any atom is -0.493 e. The van der Waals surface area contributed by atoms with Gasteiger partial charge in [0.1, 0.15) is 5.82 Å². The number of aromatic nitrogens is 1. The number of rotatable bonds is 4. The topological polar surface area (TPSA) is 54.6 Å². The Hall–Kier alpha value is -3.02. The average Bonchev–Trinajstić information content (AvgIpc) is 3.02. The lowest BCUT2D eigenvalue weighted by molar-refractivity contribution is -0.134. The van der Waals surface area contributed by atoms with Crippen molar-refractivity contribution >= 4 is 16.8 Å². The van der Waals surface area contributed by atoms with E-state index in [1.54, 1.807) is 30.2 Å². The minimum absolute atomic E-state index is 0.0489. The van der Waals surface area contributed by atoms with Crippen LogP contribution in [-0.4, -0.2) is 36.1 Å². The number of halogens is 1. The number of hydrogen-bond acceptors (Lipinski definition) is 3.